The Balaban J connectivity index is 2.10. The van der Waals surface area contributed by atoms with Crippen LogP contribution in [-0.4, -0.2) is 16.0 Å². The lowest BCUT2D eigenvalue weighted by Crippen LogP contribution is -1.89. The number of benzene rings is 1. The van der Waals surface area contributed by atoms with Crippen molar-refractivity contribution in [2.45, 2.75) is 19.1 Å². The van der Waals surface area contributed by atoms with E-state index in [1.807, 2.05) is 0 Å². The monoisotopic (exact) mass is 252 g/mol. The molecule has 0 bridgehead atoms. The molecule has 0 saturated carbocycles. The molecule has 1 aromatic carbocycles. The van der Waals surface area contributed by atoms with Crippen LogP contribution in [-0.2, 0) is 0 Å². The Kier molecular flexibility index (Phi) is 3.78. The van der Waals surface area contributed by atoms with Gasteiger partial charge in [-0.05, 0) is 30.2 Å². The molecule has 2 aromatic rings. The highest BCUT2D eigenvalue weighted by molar-refractivity contribution is 7.99. The first-order chi connectivity index (χ1) is 8.15. The minimum atomic E-state index is -0.275. The van der Waals surface area contributed by atoms with Gasteiger partial charge in [0.15, 0.2) is 0 Å². The average molecular weight is 252 g/mol. The van der Waals surface area contributed by atoms with Crippen molar-refractivity contribution < 1.29 is 8.81 Å². The minimum absolute atomic E-state index is 0.275. The second kappa shape index (κ2) is 5.31. The van der Waals surface area contributed by atoms with Gasteiger partial charge in [0.05, 0.1) is 0 Å². The third kappa shape index (κ3) is 3.30. The fourth-order valence-corrected chi connectivity index (χ4v) is 1.93. The van der Waals surface area contributed by atoms with Crippen LogP contribution in [0.1, 0.15) is 13.8 Å². The summed E-state index contributed by atoms with van der Waals surface area (Å²) in [7, 11) is 0. The Morgan fingerprint density at radius 1 is 1.24 bits per heavy atom. The van der Waals surface area contributed by atoms with Crippen LogP contribution >= 0.6 is 11.8 Å². The van der Waals surface area contributed by atoms with E-state index in [1.165, 1.54) is 23.9 Å². The Bertz CT molecular complexity index is 482. The quantitative estimate of drug-likeness (QED) is 0.779. The minimum Gasteiger partial charge on any atom is -0.411 e. The van der Waals surface area contributed by atoms with Gasteiger partial charge in [-0.3, -0.25) is 0 Å². The molecule has 0 unspecified atom stereocenters. The zero-order valence-electron chi connectivity index (χ0n) is 9.68. The summed E-state index contributed by atoms with van der Waals surface area (Å²) in [5.41, 5.74) is 0.732. The summed E-state index contributed by atoms with van der Waals surface area (Å²) in [5.74, 6) is 1.66. The second-order valence-corrected chi connectivity index (χ2v) is 5.06. The van der Waals surface area contributed by atoms with Crippen LogP contribution in [0, 0.1) is 11.7 Å². The predicted octanol–water partition coefficient (Wildman–Crippen LogP) is 3.62. The molecule has 1 aromatic heterocycles. The van der Waals surface area contributed by atoms with E-state index in [4.69, 9.17) is 4.42 Å². The molecule has 0 fully saturated rings. The highest BCUT2D eigenvalue weighted by Gasteiger charge is 2.09. The zero-order chi connectivity index (χ0) is 12.3. The van der Waals surface area contributed by atoms with Crippen molar-refractivity contribution in [2.75, 3.05) is 5.75 Å². The molecule has 0 aliphatic rings. The third-order valence-electron chi connectivity index (χ3n) is 2.04. The molecular formula is C12H13FN2OS. The maximum Gasteiger partial charge on any atom is 0.276 e. The van der Waals surface area contributed by atoms with Gasteiger partial charge in [-0.2, -0.15) is 0 Å². The van der Waals surface area contributed by atoms with E-state index in [2.05, 4.69) is 24.0 Å². The molecule has 5 heteroatoms. The van der Waals surface area contributed by atoms with E-state index in [0.29, 0.717) is 17.0 Å². The fraction of sp³-hybridized carbons (Fsp3) is 0.333. The van der Waals surface area contributed by atoms with Gasteiger partial charge in [-0.25, -0.2) is 4.39 Å². The lowest BCUT2D eigenvalue weighted by atomic mass is 10.2. The van der Waals surface area contributed by atoms with Crippen molar-refractivity contribution in [3.8, 4) is 11.5 Å². The molecule has 0 aliphatic carbocycles. The summed E-state index contributed by atoms with van der Waals surface area (Å²) in [6, 6.07) is 6.00. The van der Waals surface area contributed by atoms with Gasteiger partial charge in [0.2, 0.25) is 5.89 Å². The summed E-state index contributed by atoms with van der Waals surface area (Å²) in [5, 5.41) is 8.43. The highest BCUT2D eigenvalue weighted by atomic mass is 32.2. The van der Waals surface area contributed by atoms with Gasteiger partial charge >= 0.3 is 0 Å². The number of hydrogen-bond donors (Lipinski definition) is 0. The first kappa shape index (κ1) is 12.1. The van der Waals surface area contributed by atoms with Gasteiger partial charge in [0.1, 0.15) is 5.82 Å². The van der Waals surface area contributed by atoms with Crippen molar-refractivity contribution in [1.29, 1.82) is 0 Å². The van der Waals surface area contributed by atoms with E-state index in [0.717, 1.165) is 11.3 Å². The van der Waals surface area contributed by atoms with Gasteiger partial charge in [-0.15, -0.1) is 10.2 Å². The van der Waals surface area contributed by atoms with Crippen LogP contribution in [0.2, 0.25) is 0 Å². The summed E-state index contributed by atoms with van der Waals surface area (Å²) < 4.78 is 18.2. The maximum atomic E-state index is 12.7. The Labute approximate surface area is 103 Å². The van der Waals surface area contributed by atoms with Crippen LogP contribution in [0.15, 0.2) is 33.9 Å². The lowest BCUT2D eigenvalue weighted by molar-refractivity contribution is 0.465. The van der Waals surface area contributed by atoms with Crippen molar-refractivity contribution in [3.63, 3.8) is 0 Å². The molecule has 3 nitrogen and oxygen atoms in total. The molecular weight excluding hydrogens is 239 g/mol. The number of halogens is 1. The molecule has 0 saturated heterocycles. The molecule has 0 aliphatic heterocycles. The third-order valence-corrected chi connectivity index (χ3v) is 3.28. The first-order valence-electron chi connectivity index (χ1n) is 5.37. The van der Waals surface area contributed by atoms with Crippen LogP contribution in [0.5, 0.6) is 0 Å². The molecule has 17 heavy (non-hydrogen) atoms. The summed E-state index contributed by atoms with van der Waals surface area (Å²) in [6.45, 7) is 4.26. The number of aromatic nitrogens is 2. The number of hydrogen-bond acceptors (Lipinski definition) is 4. The summed E-state index contributed by atoms with van der Waals surface area (Å²) >= 11 is 1.53. The van der Waals surface area contributed by atoms with E-state index in [-0.39, 0.29) is 5.82 Å². The second-order valence-electron chi connectivity index (χ2n) is 4.08. The van der Waals surface area contributed by atoms with Gasteiger partial charge in [-0.1, -0.05) is 25.6 Å². The highest BCUT2D eigenvalue weighted by Crippen LogP contribution is 2.24. The topological polar surface area (TPSA) is 38.9 Å². The van der Waals surface area contributed by atoms with Crippen LogP contribution in [0.4, 0.5) is 4.39 Å². The Hall–Kier alpha value is -1.36. The molecule has 0 atom stereocenters. The van der Waals surface area contributed by atoms with E-state index in [9.17, 15) is 4.39 Å². The molecule has 0 radical (unpaired) electrons. The van der Waals surface area contributed by atoms with Crippen molar-refractivity contribution in [2.24, 2.45) is 5.92 Å². The van der Waals surface area contributed by atoms with E-state index in [1.54, 1.807) is 12.1 Å². The molecule has 1 heterocycles. The fourth-order valence-electron chi connectivity index (χ4n) is 1.22. The van der Waals surface area contributed by atoms with Crippen molar-refractivity contribution in [3.05, 3.63) is 30.1 Å². The lowest BCUT2D eigenvalue weighted by Gasteiger charge is -1.98. The van der Waals surface area contributed by atoms with Gasteiger partial charge in [0.25, 0.3) is 5.22 Å². The van der Waals surface area contributed by atoms with E-state index >= 15 is 0 Å². The normalized spacial score (nSPS) is 11.1. The molecule has 90 valence electrons. The van der Waals surface area contributed by atoms with Gasteiger partial charge in [0, 0.05) is 11.3 Å². The zero-order valence-corrected chi connectivity index (χ0v) is 10.5. The molecule has 0 amide bonds. The predicted molar refractivity (Wildman–Crippen MR) is 65.3 cm³/mol. The SMILES string of the molecule is CC(C)CSc1nnc(-c2ccc(F)cc2)o1. The number of thioether (sulfide) groups is 1. The maximum absolute atomic E-state index is 12.7. The van der Waals surface area contributed by atoms with Crippen molar-refractivity contribution >= 4 is 11.8 Å². The Morgan fingerprint density at radius 3 is 2.59 bits per heavy atom. The summed E-state index contributed by atoms with van der Waals surface area (Å²) in [4.78, 5) is 0. The Morgan fingerprint density at radius 2 is 1.94 bits per heavy atom. The molecule has 0 spiro atoms. The van der Waals surface area contributed by atoms with E-state index < -0.39 is 0 Å². The largest absolute Gasteiger partial charge is 0.411 e. The van der Waals surface area contributed by atoms with Crippen molar-refractivity contribution in [1.82, 2.24) is 10.2 Å². The first-order valence-corrected chi connectivity index (χ1v) is 6.36. The average Bonchev–Trinajstić information content (AvgIpc) is 2.76. The smallest absolute Gasteiger partial charge is 0.276 e. The number of rotatable bonds is 4. The summed E-state index contributed by atoms with van der Waals surface area (Å²) in [6.07, 6.45) is 0. The molecule has 2 rings (SSSR count). The standard InChI is InChI=1S/C12H13FN2OS/c1-8(2)7-17-12-15-14-11(16-12)9-3-5-10(13)6-4-9/h3-6,8H,7H2,1-2H3. The van der Waals surface area contributed by atoms with Gasteiger partial charge < -0.3 is 4.42 Å². The van der Waals surface area contributed by atoms with Crippen LogP contribution < -0.4 is 0 Å². The molecule has 0 N–H and O–H groups in total. The number of nitrogens with zero attached hydrogens (tertiary/aromatic N) is 2. The van der Waals surface area contributed by atoms with Crippen LogP contribution in [0.3, 0.4) is 0 Å². The van der Waals surface area contributed by atoms with Crippen LogP contribution in [0.25, 0.3) is 11.5 Å².